The molecular weight excluding hydrogens is 366 g/mol. The van der Waals surface area contributed by atoms with E-state index < -0.39 is 0 Å². The Bertz CT molecular complexity index is 547. The summed E-state index contributed by atoms with van der Waals surface area (Å²) in [5.41, 5.74) is 3.77. The molecule has 0 fully saturated rings. The van der Waals surface area contributed by atoms with Gasteiger partial charge in [-0.2, -0.15) is 0 Å². The van der Waals surface area contributed by atoms with Gasteiger partial charge in [-0.3, -0.25) is 0 Å². The van der Waals surface area contributed by atoms with Crippen LogP contribution in [-0.4, -0.2) is 0 Å². The van der Waals surface area contributed by atoms with Gasteiger partial charge in [0, 0.05) is 21.2 Å². The van der Waals surface area contributed by atoms with Crippen molar-refractivity contribution in [3.05, 3.63) is 62.5 Å². The average Bonchev–Trinajstić information content (AvgIpc) is 2.40. The normalized spacial score (nSPS) is 10.8. The van der Waals surface area contributed by atoms with Crippen molar-refractivity contribution in [1.82, 2.24) is 0 Å². The molecule has 0 aliphatic carbocycles. The van der Waals surface area contributed by atoms with Crippen LogP contribution in [0.25, 0.3) is 0 Å². The molecule has 0 atom stereocenters. The van der Waals surface area contributed by atoms with Crippen LogP contribution in [0.5, 0.6) is 0 Å². The minimum Gasteiger partial charge on any atom is -0.380 e. The molecule has 0 bridgehead atoms. The lowest BCUT2D eigenvalue weighted by molar-refractivity contribution is 0.865. The average molecular weight is 383 g/mol. The summed E-state index contributed by atoms with van der Waals surface area (Å²) in [6.07, 6.45) is 0. The standard InChI is InChI=1S/C16H17Br2N/c1-11(2)13-5-3-12(4-6-13)10-19-16-9-14(17)7-8-15(16)18/h3-9,11,19H,10H2,1-2H3. The van der Waals surface area contributed by atoms with Crippen LogP contribution >= 0.6 is 31.9 Å². The molecule has 0 amide bonds. The van der Waals surface area contributed by atoms with Gasteiger partial charge in [0.05, 0.1) is 0 Å². The molecule has 0 heterocycles. The van der Waals surface area contributed by atoms with E-state index in [4.69, 9.17) is 0 Å². The zero-order valence-electron chi connectivity index (χ0n) is 11.1. The van der Waals surface area contributed by atoms with Crippen molar-refractivity contribution in [3.63, 3.8) is 0 Å². The summed E-state index contributed by atoms with van der Waals surface area (Å²) in [5, 5.41) is 3.44. The monoisotopic (exact) mass is 381 g/mol. The smallest absolute Gasteiger partial charge is 0.0498 e. The van der Waals surface area contributed by atoms with Gasteiger partial charge in [-0.15, -0.1) is 0 Å². The first-order valence-electron chi connectivity index (χ1n) is 6.34. The van der Waals surface area contributed by atoms with Crippen molar-refractivity contribution in [2.45, 2.75) is 26.3 Å². The van der Waals surface area contributed by atoms with Gasteiger partial charge < -0.3 is 5.32 Å². The fourth-order valence-electron chi connectivity index (χ4n) is 1.85. The molecule has 0 aliphatic heterocycles. The molecular formula is C16H17Br2N. The molecule has 2 aromatic rings. The summed E-state index contributed by atoms with van der Waals surface area (Å²) in [6, 6.07) is 14.9. The van der Waals surface area contributed by atoms with Gasteiger partial charge in [0.1, 0.15) is 0 Å². The molecule has 0 saturated heterocycles. The number of rotatable bonds is 4. The van der Waals surface area contributed by atoms with E-state index >= 15 is 0 Å². The van der Waals surface area contributed by atoms with E-state index in [1.807, 2.05) is 12.1 Å². The Morgan fingerprint density at radius 3 is 2.32 bits per heavy atom. The molecule has 2 rings (SSSR count). The van der Waals surface area contributed by atoms with Crippen LogP contribution in [0.4, 0.5) is 5.69 Å². The van der Waals surface area contributed by atoms with Crippen molar-refractivity contribution < 1.29 is 0 Å². The van der Waals surface area contributed by atoms with Gasteiger partial charge in [0.25, 0.3) is 0 Å². The summed E-state index contributed by atoms with van der Waals surface area (Å²) >= 11 is 7.04. The number of anilines is 1. The lowest BCUT2D eigenvalue weighted by atomic mass is 10.0. The molecule has 0 aliphatic rings. The van der Waals surface area contributed by atoms with E-state index in [1.54, 1.807) is 0 Å². The Morgan fingerprint density at radius 2 is 1.68 bits per heavy atom. The summed E-state index contributed by atoms with van der Waals surface area (Å²) < 4.78 is 2.16. The van der Waals surface area contributed by atoms with Gasteiger partial charge in [0.2, 0.25) is 0 Å². The zero-order chi connectivity index (χ0) is 13.8. The minimum absolute atomic E-state index is 0.584. The third kappa shape index (κ3) is 4.08. The van der Waals surface area contributed by atoms with Gasteiger partial charge in [-0.1, -0.05) is 54.0 Å². The first-order chi connectivity index (χ1) is 9.06. The van der Waals surface area contributed by atoms with Gasteiger partial charge in [-0.05, 0) is 51.2 Å². The van der Waals surface area contributed by atoms with Crippen molar-refractivity contribution in [2.75, 3.05) is 5.32 Å². The fraction of sp³-hybridized carbons (Fsp3) is 0.250. The Hall–Kier alpha value is -0.800. The molecule has 0 radical (unpaired) electrons. The van der Waals surface area contributed by atoms with Crippen LogP contribution in [0.2, 0.25) is 0 Å². The third-order valence-corrected chi connectivity index (χ3v) is 4.24. The van der Waals surface area contributed by atoms with Gasteiger partial charge in [0.15, 0.2) is 0 Å². The Kier molecular flexibility index (Phi) is 5.06. The van der Waals surface area contributed by atoms with E-state index in [9.17, 15) is 0 Å². The molecule has 19 heavy (non-hydrogen) atoms. The highest BCUT2D eigenvalue weighted by Crippen LogP contribution is 2.26. The summed E-state index contributed by atoms with van der Waals surface area (Å²) in [5.74, 6) is 0.584. The molecule has 0 saturated carbocycles. The van der Waals surface area contributed by atoms with Crippen LogP contribution in [0.1, 0.15) is 30.9 Å². The first kappa shape index (κ1) is 14.6. The summed E-state index contributed by atoms with van der Waals surface area (Å²) in [7, 11) is 0. The lowest BCUT2D eigenvalue weighted by Gasteiger charge is -2.10. The summed E-state index contributed by atoms with van der Waals surface area (Å²) in [4.78, 5) is 0. The molecule has 1 N–H and O–H groups in total. The van der Waals surface area contributed by atoms with Crippen molar-refractivity contribution in [2.24, 2.45) is 0 Å². The molecule has 1 nitrogen and oxygen atoms in total. The maximum Gasteiger partial charge on any atom is 0.0498 e. The topological polar surface area (TPSA) is 12.0 Å². The highest BCUT2D eigenvalue weighted by molar-refractivity contribution is 9.11. The second kappa shape index (κ2) is 6.58. The Labute approximate surface area is 131 Å². The molecule has 2 aromatic carbocycles. The number of nitrogens with one attached hydrogen (secondary N) is 1. The molecule has 0 spiro atoms. The van der Waals surface area contributed by atoms with Crippen LogP contribution in [0, 0.1) is 0 Å². The van der Waals surface area contributed by atoms with Crippen molar-refractivity contribution in [3.8, 4) is 0 Å². The van der Waals surface area contributed by atoms with Crippen LogP contribution in [-0.2, 0) is 6.54 Å². The largest absolute Gasteiger partial charge is 0.380 e. The number of halogens is 2. The van der Waals surface area contributed by atoms with E-state index in [1.165, 1.54) is 11.1 Å². The SMILES string of the molecule is CC(C)c1ccc(CNc2cc(Br)ccc2Br)cc1. The second-order valence-corrected chi connectivity index (χ2v) is 6.64. The number of benzene rings is 2. The van der Waals surface area contributed by atoms with Gasteiger partial charge >= 0.3 is 0 Å². The fourth-order valence-corrected chi connectivity index (χ4v) is 2.60. The Morgan fingerprint density at radius 1 is 1.00 bits per heavy atom. The molecule has 3 heteroatoms. The predicted molar refractivity (Wildman–Crippen MR) is 89.7 cm³/mol. The predicted octanol–water partition coefficient (Wildman–Crippen LogP) is 5.95. The number of hydrogen-bond donors (Lipinski definition) is 1. The Balaban J connectivity index is 2.04. The zero-order valence-corrected chi connectivity index (χ0v) is 14.3. The first-order valence-corrected chi connectivity index (χ1v) is 7.92. The maximum absolute atomic E-state index is 3.55. The quantitative estimate of drug-likeness (QED) is 0.689. The van der Waals surface area contributed by atoms with E-state index in [-0.39, 0.29) is 0 Å². The number of hydrogen-bond acceptors (Lipinski definition) is 1. The summed E-state index contributed by atoms with van der Waals surface area (Å²) in [6.45, 7) is 5.26. The second-order valence-electron chi connectivity index (χ2n) is 4.87. The van der Waals surface area contributed by atoms with E-state index in [0.29, 0.717) is 5.92 Å². The molecule has 0 unspecified atom stereocenters. The maximum atomic E-state index is 3.55. The molecule has 0 aromatic heterocycles. The van der Waals surface area contributed by atoms with E-state index in [2.05, 4.69) is 81.4 Å². The lowest BCUT2D eigenvalue weighted by Crippen LogP contribution is -2.00. The van der Waals surface area contributed by atoms with Gasteiger partial charge in [-0.25, -0.2) is 0 Å². The van der Waals surface area contributed by atoms with E-state index in [0.717, 1.165) is 21.2 Å². The van der Waals surface area contributed by atoms with Crippen LogP contribution in [0.3, 0.4) is 0 Å². The van der Waals surface area contributed by atoms with Crippen LogP contribution in [0.15, 0.2) is 51.4 Å². The highest BCUT2D eigenvalue weighted by atomic mass is 79.9. The van der Waals surface area contributed by atoms with Crippen molar-refractivity contribution >= 4 is 37.5 Å². The third-order valence-electron chi connectivity index (χ3n) is 3.06. The van der Waals surface area contributed by atoms with Crippen molar-refractivity contribution in [1.29, 1.82) is 0 Å². The minimum atomic E-state index is 0.584. The molecule has 100 valence electrons. The van der Waals surface area contributed by atoms with Crippen LogP contribution < -0.4 is 5.32 Å². The highest BCUT2D eigenvalue weighted by Gasteiger charge is 2.02.